The maximum absolute atomic E-state index is 13.1. The molecule has 3 rings (SSSR count). The molecule has 0 spiro atoms. The first kappa shape index (κ1) is 25.5. The standard InChI is InChI=1S/C22H20F6N2O4/c1-34-12-18(31)29-16-7-8-17-14(10-16)4-9-19(32)30(17)11-13-2-5-15(6-3-13)20(33,21(23,24)25)22(26,27)28/h2-3,5-8,10,33H,4,9,11-12H2,1H3,(H,29,31). The number of nitrogens with one attached hydrogen (secondary N) is 1. The monoisotopic (exact) mass is 490 g/mol. The Labute approximate surface area is 190 Å². The minimum atomic E-state index is -5.98. The topological polar surface area (TPSA) is 78.9 Å². The molecule has 6 nitrogen and oxygen atoms in total. The molecule has 0 saturated heterocycles. The Morgan fingerprint density at radius 2 is 1.65 bits per heavy atom. The number of methoxy groups -OCH3 is 1. The van der Waals surface area contributed by atoms with Gasteiger partial charge in [-0.05, 0) is 35.7 Å². The SMILES string of the molecule is COCC(=O)Nc1ccc2c(c1)CCC(=O)N2Cc1ccc(C(O)(C(F)(F)F)C(F)(F)F)cc1. The molecule has 1 aliphatic rings. The second-order valence-corrected chi connectivity index (χ2v) is 7.71. The molecule has 2 aromatic rings. The summed E-state index contributed by atoms with van der Waals surface area (Å²) >= 11 is 0. The van der Waals surface area contributed by atoms with E-state index in [-0.39, 0.29) is 37.0 Å². The lowest BCUT2D eigenvalue weighted by molar-refractivity contribution is -0.376. The van der Waals surface area contributed by atoms with Crippen molar-refractivity contribution in [2.45, 2.75) is 37.3 Å². The van der Waals surface area contributed by atoms with Gasteiger partial charge in [0.05, 0.1) is 6.54 Å². The first-order chi connectivity index (χ1) is 15.8. The van der Waals surface area contributed by atoms with Gasteiger partial charge in [0.25, 0.3) is 5.60 Å². The first-order valence-corrected chi connectivity index (χ1v) is 9.95. The fourth-order valence-electron chi connectivity index (χ4n) is 3.66. The smallest absolute Gasteiger partial charge is 0.375 e. The lowest BCUT2D eigenvalue weighted by atomic mass is 9.91. The van der Waals surface area contributed by atoms with E-state index in [2.05, 4.69) is 5.32 Å². The number of alkyl halides is 6. The minimum absolute atomic E-state index is 0.113. The van der Waals surface area contributed by atoms with Crippen molar-refractivity contribution < 1.29 is 45.8 Å². The number of carbonyl (C=O) groups excluding carboxylic acids is 2. The molecule has 1 aliphatic heterocycles. The number of rotatable bonds is 6. The summed E-state index contributed by atoms with van der Waals surface area (Å²) in [5.41, 5.74) is -4.41. The third kappa shape index (κ3) is 4.87. The Balaban J connectivity index is 1.85. The average Bonchev–Trinajstić information content (AvgIpc) is 2.74. The molecule has 12 heteroatoms. The predicted molar refractivity (Wildman–Crippen MR) is 109 cm³/mol. The molecule has 0 atom stereocenters. The van der Waals surface area contributed by atoms with Gasteiger partial charge in [-0.15, -0.1) is 0 Å². The summed E-state index contributed by atoms with van der Waals surface area (Å²) < 4.78 is 83.2. The van der Waals surface area contributed by atoms with E-state index in [1.807, 2.05) is 0 Å². The number of aliphatic hydroxyl groups is 1. The lowest BCUT2D eigenvalue weighted by Gasteiger charge is -2.33. The Hall–Kier alpha value is -3.12. The summed E-state index contributed by atoms with van der Waals surface area (Å²) in [5, 5.41) is 12.1. The Morgan fingerprint density at radius 1 is 1.03 bits per heavy atom. The number of benzene rings is 2. The molecule has 0 bridgehead atoms. The van der Waals surface area contributed by atoms with E-state index in [1.165, 1.54) is 12.0 Å². The second-order valence-electron chi connectivity index (χ2n) is 7.71. The van der Waals surface area contributed by atoms with Crippen LogP contribution in [0, 0.1) is 0 Å². The van der Waals surface area contributed by atoms with E-state index >= 15 is 0 Å². The Kier molecular flexibility index (Phi) is 6.94. The molecule has 0 radical (unpaired) electrons. The highest BCUT2D eigenvalue weighted by atomic mass is 19.4. The number of amides is 2. The average molecular weight is 490 g/mol. The number of ether oxygens (including phenoxy) is 1. The van der Waals surface area contributed by atoms with Crippen molar-refractivity contribution in [1.82, 2.24) is 0 Å². The highest BCUT2D eigenvalue weighted by Gasteiger charge is 2.71. The summed E-state index contributed by atoms with van der Waals surface area (Å²) in [7, 11) is 1.37. The van der Waals surface area contributed by atoms with Crippen molar-refractivity contribution in [3.05, 3.63) is 59.2 Å². The van der Waals surface area contributed by atoms with Gasteiger partial charge in [0, 0.05) is 30.5 Å². The van der Waals surface area contributed by atoms with Crippen LogP contribution in [0.2, 0.25) is 0 Å². The molecule has 0 fully saturated rings. The van der Waals surface area contributed by atoms with Gasteiger partial charge in [0.1, 0.15) is 6.61 Å². The normalized spacial score (nSPS) is 14.7. The minimum Gasteiger partial charge on any atom is -0.375 e. The molecule has 2 aromatic carbocycles. The van der Waals surface area contributed by atoms with Crippen molar-refractivity contribution in [2.24, 2.45) is 0 Å². The number of halogens is 6. The number of aryl methyl sites for hydroxylation is 1. The zero-order chi connectivity index (χ0) is 25.3. The first-order valence-electron chi connectivity index (χ1n) is 9.95. The van der Waals surface area contributed by atoms with Crippen molar-refractivity contribution in [2.75, 3.05) is 23.9 Å². The van der Waals surface area contributed by atoms with Crippen LogP contribution in [0.15, 0.2) is 42.5 Å². The van der Waals surface area contributed by atoms with E-state index < -0.39 is 23.5 Å². The maximum Gasteiger partial charge on any atom is 0.430 e. The number of hydrogen-bond donors (Lipinski definition) is 2. The fourth-order valence-corrected chi connectivity index (χ4v) is 3.66. The van der Waals surface area contributed by atoms with Gasteiger partial charge in [0.15, 0.2) is 0 Å². The molecule has 184 valence electrons. The maximum atomic E-state index is 13.1. The molecule has 0 unspecified atom stereocenters. The van der Waals surface area contributed by atoms with Gasteiger partial charge in [0.2, 0.25) is 11.8 Å². The van der Waals surface area contributed by atoms with Crippen LogP contribution < -0.4 is 10.2 Å². The quantitative estimate of drug-likeness (QED) is 0.599. The summed E-state index contributed by atoms with van der Waals surface area (Å²) in [6.45, 7) is -0.256. The third-order valence-electron chi connectivity index (χ3n) is 5.37. The van der Waals surface area contributed by atoms with E-state index in [9.17, 15) is 41.0 Å². The van der Waals surface area contributed by atoms with Gasteiger partial charge in [-0.3, -0.25) is 9.59 Å². The zero-order valence-corrected chi connectivity index (χ0v) is 17.8. The van der Waals surface area contributed by atoms with E-state index in [0.29, 0.717) is 29.9 Å². The summed E-state index contributed by atoms with van der Waals surface area (Å²) in [5.74, 6) is -0.654. The molecular formula is C22H20F6N2O4. The van der Waals surface area contributed by atoms with Crippen LogP contribution in [0.25, 0.3) is 0 Å². The summed E-state index contributed by atoms with van der Waals surface area (Å²) in [6, 6.07) is 7.92. The number of anilines is 2. The van der Waals surface area contributed by atoms with Crippen LogP contribution in [0.4, 0.5) is 37.7 Å². The highest BCUT2D eigenvalue weighted by molar-refractivity contribution is 5.97. The number of nitrogens with zero attached hydrogens (tertiary/aromatic N) is 1. The highest BCUT2D eigenvalue weighted by Crippen LogP contribution is 2.50. The van der Waals surface area contributed by atoms with Crippen LogP contribution in [0.3, 0.4) is 0 Å². The fraction of sp³-hybridized carbons (Fsp3) is 0.364. The second kappa shape index (κ2) is 9.26. The molecular weight excluding hydrogens is 470 g/mol. The summed E-state index contributed by atoms with van der Waals surface area (Å²) in [6.07, 6.45) is -11.4. The van der Waals surface area contributed by atoms with Crippen LogP contribution in [0.1, 0.15) is 23.1 Å². The van der Waals surface area contributed by atoms with Crippen LogP contribution in [-0.2, 0) is 32.9 Å². The van der Waals surface area contributed by atoms with E-state index in [1.54, 1.807) is 18.2 Å². The zero-order valence-electron chi connectivity index (χ0n) is 17.8. The number of carbonyl (C=O) groups is 2. The molecule has 0 saturated carbocycles. The van der Waals surface area contributed by atoms with Crippen molar-refractivity contribution in [1.29, 1.82) is 0 Å². The largest absolute Gasteiger partial charge is 0.430 e. The van der Waals surface area contributed by atoms with E-state index in [0.717, 1.165) is 17.7 Å². The van der Waals surface area contributed by atoms with Gasteiger partial charge in [-0.25, -0.2) is 0 Å². The Morgan fingerprint density at radius 3 is 2.21 bits per heavy atom. The van der Waals surface area contributed by atoms with Gasteiger partial charge < -0.3 is 20.1 Å². The van der Waals surface area contributed by atoms with Gasteiger partial charge in [-0.1, -0.05) is 24.3 Å². The van der Waals surface area contributed by atoms with Crippen LogP contribution >= 0.6 is 0 Å². The van der Waals surface area contributed by atoms with Crippen molar-refractivity contribution in [3.63, 3.8) is 0 Å². The molecule has 2 N–H and O–H groups in total. The summed E-state index contributed by atoms with van der Waals surface area (Å²) in [4.78, 5) is 25.6. The molecule has 2 amide bonds. The molecule has 0 aliphatic carbocycles. The third-order valence-corrected chi connectivity index (χ3v) is 5.37. The number of hydrogen-bond acceptors (Lipinski definition) is 4. The molecule has 34 heavy (non-hydrogen) atoms. The van der Waals surface area contributed by atoms with Crippen LogP contribution in [0.5, 0.6) is 0 Å². The predicted octanol–water partition coefficient (Wildman–Crippen LogP) is 4.06. The lowest BCUT2D eigenvalue weighted by Crippen LogP contribution is -2.53. The molecule has 0 aromatic heterocycles. The number of fused-ring (bicyclic) bond motifs is 1. The van der Waals surface area contributed by atoms with E-state index in [4.69, 9.17) is 4.74 Å². The van der Waals surface area contributed by atoms with Crippen molar-refractivity contribution >= 4 is 23.2 Å². The van der Waals surface area contributed by atoms with Crippen LogP contribution in [-0.4, -0.2) is 43.0 Å². The Bertz CT molecular complexity index is 1050. The van der Waals surface area contributed by atoms with Crippen molar-refractivity contribution in [3.8, 4) is 0 Å². The van der Waals surface area contributed by atoms with Gasteiger partial charge in [-0.2, -0.15) is 26.3 Å². The van der Waals surface area contributed by atoms with Gasteiger partial charge >= 0.3 is 12.4 Å². The molecule has 1 heterocycles.